The summed E-state index contributed by atoms with van der Waals surface area (Å²) >= 11 is 0. The number of benzene rings is 1. The molecule has 4 rings (SSSR count). The number of aryl methyl sites for hydroxylation is 1. The molecule has 0 atom stereocenters. The van der Waals surface area contributed by atoms with Gasteiger partial charge in [-0.15, -0.1) is 12.4 Å². The van der Waals surface area contributed by atoms with Crippen LogP contribution in [0.15, 0.2) is 18.2 Å². The van der Waals surface area contributed by atoms with E-state index >= 15 is 0 Å². The van der Waals surface area contributed by atoms with Gasteiger partial charge >= 0.3 is 0 Å². The number of hydrogen-bond donors (Lipinski definition) is 0. The largest absolute Gasteiger partial charge is 0.454 e. The lowest BCUT2D eigenvalue weighted by Crippen LogP contribution is -2.26. The molecule has 0 spiro atoms. The molecular formula is C18H22ClNO2. The summed E-state index contributed by atoms with van der Waals surface area (Å²) in [4.78, 5) is 4.93. The molecule has 2 aromatic rings. The van der Waals surface area contributed by atoms with Gasteiger partial charge in [-0.3, -0.25) is 4.98 Å². The van der Waals surface area contributed by atoms with Gasteiger partial charge in [0.15, 0.2) is 11.5 Å². The molecular weight excluding hydrogens is 298 g/mol. The number of fused-ring (bicyclic) bond motifs is 2. The fraction of sp³-hybridized carbons (Fsp3) is 0.500. The van der Waals surface area contributed by atoms with E-state index in [0.29, 0.717) is 6.79 Å². The first-order chi connectivity index (χ1) is 10.2. The molecule has 3 nitrogen and oxygen atoms in total. The van der Waals surface area contributed by atoms with Gasteiger partial charge < -0.3 is 9.47 Å². The maximum absolute atomic E-state index is 5.56. The summed E-state index contributed by atoms with van der Waals surface area (Å²) in [6, 6.07) is 6.37. The van der Waals surface area contributed by atoms with Crippen LogP contribution in [0.3, 0.4) is 0 Å². The second-order valence-corrected chi connectivity index (χ2v) is 6.66. The zero-order valence-corrected chi connectivity index (χ0v) is 14.0. The molecule has 118 valence electrons. The van der Waals surface area contributed by atoms with Crippen molar-refractivity contribution in [1.82, 2.24) is 4.98 Å². The van der Waals surface area contributed by atoms with Gasteiger partial charge in [-0.1, -0.05) is 26.2 Å². The second kappa shape index (κ2) is 5.62. The Balaban J connectivity index is 0.00000144. The highest BCUT2D eigenvalue weighted by Crippen LogP contribution is 2.44. The van der Waals surface area contributed by atoms with Crippen LogP contribution in [0.2, 0.25) is 0 Å². The first-order valence-electron chi connectivity index (χ1n) is 7.87. The van der Waals surface area contributed by atoms with Crippen LogP contribution in [0.5, 0.6) is 11.5 Å². The predicted octanol–water partition coefficient (Wildman–Crippen LogP) is 4.92. The highest BCUT2D eigenvalue weighted by atomic mass is 35.5. The summed E-state index contributed by atoms with van der Waals surface area (Å²) < 4.78 is 11.1. The van der Waals surface area contributed by atoms with E-state index in [1.54, 1.807) is 0 Å². The third-order valence-electron chi connectivity index (χ3n) is 4.98. The minimum Gasteiger partial charge on any atom is -0.454 e. The van der Waals surface area contributed by atoms with Crippen molar-refractivity contribution in [3.8, 4) is 11.5 Å². The molecule has 4 heteroatoms. The van der Waals surface area contributed by atoms with Gasteiger partial charge in [-0.2, -0.15) is 0 Å². The zero-order chi connectivity index (χ0) is 14.4. The Morgan fingerprint density at radius 1 is 1.00 bits per heavy atom. The van der Waals surface area contributed by atoms with Gasteiger partial charge in [0.25, 0.3) is 0 Å². The number of ether oxygens (including phenoxy) is 2. The smallest absolute Gasteiger partial charge is 0.231 e. The molecule has 1 fully saturated rings. The summed E-state index contributed by atoms with van der Waals surface area (Å²) in [7, 11) is 0. The second-order valence-electron chi connectivity index (χ2n) is 6.66. The topological polar surface area (TPSA) is 31.4 Å². The Kier molecular flexibility index (Phi) is 3.94. The standard InChI is InChI=1S/C18H21NO2.ClH/c1-12-8-13-9-15-16(21-11-20-15)10-14(13)17(19-12)18(2)6-4-3-5-7-18;/h8-10H,3-7,11H2,1-2H3;1H. The van der Waals surface area contributed by atoms with E-state index in [2.05, 4.69) is 32.0 Å². The lowest BCUT2D eigenvalue weighted by atomic mass is 9.72. The molecule has 0 amide bonds. The summed E-state index contributed by atoms with van der Waals surface area (Å²) in [5, 5.41) is 2.45. The van der Waals surface area contributed by atoms with Gasteiger partial charge in [0.2, 0.25) is 6.79 Å². The van der Waals surface area contributed by atoms with Crippen LogP contribution in [-0.2, 0) is 5.41 Å². The summed E-state index contributed by atoms with van der Waals surface area (Å²) in [6.45, 7) is 4.78. The lowest BCUT2D eigenvalue weighted by Gasteiger charge is -2.34. The van der Waals surface area contributed by atoms with E-state index in [1.807, 2.05) is 0 Å². The van der Waals surface area contributed by atoms with Crippen LogP contribution >= 0.6 is 12.4 Å². The Bertz CT molecular complexity index is 708. The first-order valence-corrected chi connectivity index (χ1v) is 7.87. The molecule has 0 unspecified atom stereocenters. The number of aromatic nitrogens is 1. The van der Waals surface area contributed by atoms with Crippen molar-refractivity contribution >= 4 is 23.2 Å². The van der Waals surface area contributed by atoms with Crippen LogP contribution in [0.4, 0.5) is 0 Å². The summed E-state index contributed by atoms with van der Waals surface area (Å²) in [5.74, 6) is 1.71. The SMILES string of the molecule is Cc1cc2cc3c(cc2c(C2(C)CCCCC2)n1)OCO3.Cl. The van der Waals surface area contributed by atoms with E-state index in [1.165, 1.54) is 48.6 Å². The molecule has 0 saturated heterocycles. The van der Waals surface area contributed by atoms with E-state index in [-0.39, 0.29) is 17.8 Å². The van der Waals surface area contributed by atoms with Crippen LogP contribution in [0.1, 0.15) is 50.4 Å². The van der Waals surface area contributed by atoms with Crippen molar-refractivity contribution in [1.29, 1.82) is 0 Å². The van der Waals surface area contributed by atoms with Crippen molar-refractivity contribution in [3.63, 3.8) is 0 Å². The molecule has 0 radical (unpaired) electrons. The maximum Gasteiger partial charge on any atom is 0.231 e. The van der Waals surface area contributed by atoms with E-state index < -0.39 is 0 Å². The molecule has 0 N–H and O–H groups in total. The highest BCUT2D eigenvalue weighted by Gasteiger charge is 2.32. The van der Waals surface area contributed by atoms with Crippen molar-refractivity contribution in [3.05, 3.63) is 29.6 Å². The lowest BCUT2D eigenvalue weighted by molar-refractivity contribution is 0.174. The number of pyridine rings is 1. The van der Waals surface area contributed by atoms with Crippen LogP contribution in [0.25, 0.3) is 10.8 Å². The van der Waals surface area contributed by atoms with Gasteiger partial charge in [0.1, 0.15) is 0 Å². The number of nitrogens with zero attached hydrogens (tertiary/aromatic N) is 1. The number of hydrogen-bond acceptors (Lipinski definition) is 3. The molecule has 0 bridgehead atoms. The van der Waals surface area contributed by atoms with Crippen LogP contribution in [0, 0.1) is 6.92 Å². The van der Waals surface area contributed by atoms with Crippen LogP contribution < -0.4 is 9.47 Å². The van der Waals surface area contributed by atoms with E-state index in [0.717, 1.165) is 17.2 Å². The van der Waals surface area contributed by atoms with Crippen molar-refractivity contribution in [2.45, 2.75) is 51.4 Å². The number of halogens is 1. The Labute approximate surface area is 137 Å². The quantitative estimate of drug-likeness (QED) is 0.748. The van der Waals surface area contributed by atoms with Crippen LogP contribution in [-0.4, -0.2) is 11.8 Å². The van der Waals surface area contributed by atoms with Crippen molar-refractivity contribution in [2.75, 3.05) is 6.79 Å². The van der Waals surface area contributed by atoms with E-state index in [9.17, 15) is 0 Å². The molecule has 2 aliphatic rings. The Morgan fingerprint density at radius 3 is 2.41 bits per heavy atom. The van der Waals surface area contributed by atoms with Gasteiger partial charge in [0, 0.05) is 16.5 Å². The fourth-order valence-electron chi connectivity index (χ4n) is 3.81. The number of rotatable bonds is 1. The first kappa shape index (κ1) is 15.4. The minimum absolute atomic E-state index is 0. The van der Waals surface area contributed by atoms with Gasteiger partial charge in [-0.25, -0.2) is 0 Å². The molecule has 22 heavy (non-hydrogen) atoms. The minimum atomic E-state index is 0. The summed E-state index contributed by atoms with van der Waals surface area (Å²) in [5.41, 5.74) is 2.52. The third-order valence-corrected chi connectivity index (χ3v) is 4.98. The molecule has 1 aromatic carbocycles. The monoisotopic (exact) mass is 319 g/mol. The van der Waals surface area contributed by atoms with Gasteiger partial charge in [-0.05, 0) is 43.4 Å². The molecule has 2 heterocycles. The Morgan fingerprint density at radius 2 is 1.68 bits per heavy atom. The van der Waals surface area contributed by atoms with Crippen molar-refractivity contribution in [2.24, 2.45) is 0 Å². The fourth-order valence-corrected chi connectivity index (χ4v) is 3.81. The van der Waals surface area contributed by atoms with E-state index in [4.69, 9.17) is 14.5 Å². The molecule has 1 aliphatic carbocycles. The normalized spacial score (nSPS) is 19.0. The predicted molar refractivity (Wildman–Crippen MR) is 90.3 cm³/mol. The van der Waals surface area contributed by atoms with Gasteiger partial charge in [0.05, 0.1) is 5.69 Å². The Hall–Kier alpha value is -1.48. The van der Waals surface area contributed by atoms with Crippen molar-refractivity contribution < 1.29 is 9.47 Å². The molecule has 1 saturated carbocycles. The third kappa shape index (κ3) is 2.41. The molecule has 1 aromatic heterocycles. The zero-order valence-electron chi connectivity index (χ0n) is 13.1. The highest BCUT2D eigenvalue weighted by molar-refractivity contribution is 5.89. The molecule has 1 aliphatic heterocycles. The summed E-state index contributed by atoms with van der Waals surface area (Å²) in [6.07, 6.45) is 6.42. The maximum atomic E-state index is 5.56. The average Bonchev–Trinajstić information content (AvgIpc) is 2.92. The average molecular weight is 320 g/mol.